The Hall–Kier alpha value is -3.35. The molecular weight excluding hydrogens is 368 g/mol. The maximum Gasteiger partial charge on any atom is 0.275 e. The largest absolute Gasteiger partial charge is 0.508 e. The Balaban J connectivity index is 2.31. The molecule has 3 N–H and O–H groups in total. The van der Waals surface area contributed by atoms with Crippen LogP contribution in [0.1, 0.15) is 57.6 Å². The molecule has 0 saturated carbocycles. The van der Waals surface area contributed by atoms with Crippen LogP contribution in [-0.2, 0) is 5.41 Å². The molecule has 0 aliphatic heterocycles. The van der Waals surface area contributed by atoms with Crippen molar-refractivity contribution in [3.05, 3.63) is 78.9 Å². The molecule has 0 unspecified atom stereocenters. The molecule has 3 rings (SSSR count). The summed E-state index contributed by atoms with van der Waals surface area (Å²) in [7, 11) is 0. The Morgan fingerprint density at radius 3 is 2.52 bits per heavy atom. The Bertz CT molecular complexity index is 1270. The van der Waals surface area contributed by atoms with Gasteiger partial charge in [0.15, 0.2) is 0 Å². The molecule has 0 aliphatic rings. The highest BCUT2D eigenvalue weighted by Crippen LogP contribution is 2.22. The van der Waals surface area contributed by atoms with Gasteiger partial charge in [0.05, 0.1) is 12.0 Å². The van der Waals surface area contributed by atoms with E-state index in [0.29, 0.717) is 11.3 Å². The molecule has 0 spiro atoms. The third-order valence-electron chi connectivity index (χ3n) is 4.58. The number of imidazole rings is 1. The third-order valence-corrected chi connectivity index (χ3v) is 4.58. The van der Waals surface area contributed by atoms with Crippen LogP contribution in [0.3, 0.4) is 0 Å². The number of hydrogen-bond donors (Lipinski definition) is 3. The van der Waals surface area contributed by atoms with Gasteiger partial charge in [0.1, 0.15) is 16.4 Å². The Labute approximate surface area is 168 Å². The number of nitrogens with zero attached hydrogens (tertiary/aromatic N) is 2. The van der Waals surface area contributed by atoms with E-state index in [4.69, 9.17) is 0 Å². The number of phenols is 1. The van der Waals surface area contributed by atoms with Gasteiger partial charge in [0, 0.05) is 17.2 Å². The van der Waals surface area contributed by atoms with Gasteiger partial charge in [0.25, 0.3) is 11.1 Å². The van der Waals surface area contributed by atoms with Gasteiger partial charge in [-0.05, 0) is 43.7 Å². The van der Waals surface area contributed by atoms with Gasteiger partial charge in [-0.25, -0.2) is 4.98 Å². The van der Waals surface area contributed by atoms with Crippen LogP contribution in [0.2, 0.25) is 0 Å². The molecule has 2 heterocycles. The van der Waals surface area contributed by atoms with Gasteiger partial charge in [-0.2, -0.15) is 0 Å². The van der Waals surface area contributed by atoms with E-state index in [1.807, 2.05) is 34.6 Å². The molecule has 3 aromatic rings. The van der Waals surface area contributed by atoms with Gasteiger partial charge in [-0.1, -0.05) is 32.9 Å². The average molecular weight is 394 g/mol. The standard InChI is InChI=1S/C22H26N4O3/c1-13(2)26-18(10-14-7-6-8-15(27)9-14)20(28)25-17(21(26)29)11-16-19(22(3,4)5)24-12-23-16/h6-13,27H,1-5H3,(H,23,24)(H,25,28)/b17-11-,18-10-. The fourth-order valence-corrected chi connectivity index (χ4v) is 3.26. The van der Waals surface area contributed by atoms with Crippen molar-refractivity contribution < 1.29 is 5.11 Å². The van der Waals surface area contributed by atoms with E-state index in [2.05, 4.69) is 15.0 Å². The number of H-pyrrole nitrogens is 2. The summed E-state index contributed by atoms with van der Waals surface area (Å²) in [5, 5.41) is 10.1. The minimum absolute atomic E-state index is 0.0896. The van der Waals surface area contributed by atoms with Crippen LogP contribution in [0.4, 0.5) is 0 Å². The molecule has 0 bridgehead atoms. The molecule has 1 aromatic carbocycles. The highest BCUT2D eigenvalue weighted by Gasteiger charge is 2.19. The molecule has 29 heavy (non-hydrogen) atoms. The lowest BCUT2D eigenvalue weighted by Gasteiger charge is -2.17. The normalized spacial score (nSPS) is 13.4. The number of benzene rings is 1. The first-order valence-corrected chi connectivity index (χ1v) is 9.49. The second-order valence-corrected chi connectivity index (χ2v) is 8.32. The van der Waals surface area contributed by atoms with Crippen LogP contribution in [0, 0.1) is 0 Å². The van der Waals surface area contributed by atoms with Gasteiger partial charge in [0.2, 0.25) is 0 Å². The van der Waals surface area contributed by atoms with Crippen molar-refractivity contribution in [1.29, 1.82) is 0 Å². The summed E-state index contributed by atoms with van der Waals surface area (Å²) in [5.41, 5.74) is 1.23. The van der Waals surface area contributed by atoms with E-state index >= 15 is 0 Å². The first-order chi connectivity index (χ1) is 13.6. The highest BCUT2D eigenvalue weighted by molar-refractivity contribution is 5.51. The second-order valence-electron chi connectivity index (χ2n) is 8.32. The number of rotatable bonds is 3. The van der Waals surface area contributed by atoms with Crippen LogP contribution in [-0.4, -0.2) is 24.6 Å². The van der Waals surface area contributed by atoms with Crippen molar-refractivity contribution in [2.75, 3.05) is 0 Å². The molecule has 0 aliphatic carbocycles. The van der Waals surface area contributed by atoms with Crippen molar-refractivity contribution in [1.82, 2.24) is 19.5 Å². The SMILES string of the molecule is CC(C)n1c(=O)/c(=C/c2nc[nH]c2C(C)(C)C)[nH]c(=O)/c1=C/c1cccc(O)c1. The average Bonchev–Trinajstić information content (AvgIpc) is 3.07. The molecular formula is C22H26N4O3. The van der Waals surface area contributed by atoms with E-state index in [-0.39, 0.29) is 39.0 Å². The van der Waals surface area contributed by atoms with Crippen LogP contribution in [0.15, 0.2) is 40.2 Å². The van der Waals surface area contributed by atoms with E-state index < -0.39 is 0 Å². The molecule has 152 valence electrons. The van der Waals surface area contributed by atoms with Gasteiger partial charge < -0.3 is 15.1 Å². The molecule has 2 aromatic heterocycles. The first-order valence-electron chi connectivity index (χ1n) is 9.49. The Morgan fingerprint density at radius 1 is 1.17 bits per heavy atom. The molecule has 0 radical (unpaired) electrons. The summed E-state index contributed by atoms with van der Waals surface area (Å²) < 4.78 is 1.46. The van der Waals surface area contributed by atoms with E-state index in [1.165, 1.54) is 10.6 Å². The lowest BCUT2D eigenvalue weighted by molar-refractivity contribution is 0.475. The number of hydrogen-bond acceptors (Lipinski definition) is 4. The summed E-state index contributed by atoms with van der Waals surface area (Å²) >= 11 is 0. The number of aromatic nitrogens is 4. The van der Waals surface area contributed by atoms with Crippen molar-refractivity contribution in [3.63, 3.8) is 0 Å². The van der Waals surface area contributed by atoms with Gasteiger partial charge in [-0.15, -0.1) is 0 Å². The zero-order valence-corrected chi connectivity index (χ0v) is 17.3. The van der Waals surface area contributed by atoms with Gasteiger partial charge in [-0.3, -0.25) is 14.2 Å². The number of aromatic hydroxyl groups is 1. The smallest absolute Gasteiger partial charge is 0.275 e. The maximum absolute atomic E-state index is 13.2. The summed E-state index contributed by atoms with van der Waals surface area (Å²) in [6.07, 6.45) is 4.78. The number of nitrogens with one attached hydrogen (secondary N) is 2. The van der Waals surface area contributed by atoms with Crippen molar-refractivity contribution in [2.24, 2.45) is 0 Å². The zero-order chi connectivity index (χ0) is 21.3. The third kappa shape index (κ3) is 4.23. The second kappa shape index (κ2) is 7.58. The summed E-state index contributed by atoms with van der Waals surface area (Å²) in [4.78, 5) is 36.2. The summed E-state index contributed by atoms with van der Waals surface area (Å²) in [6, 6.07) is 6.29. The van der Waals surface area contributed by atoms with Crippen molar-refractivity contribution in [3.8, 4) is 5.75 Å². The maximum atomic E-state index is 13.2. The first kappa shape index (κ1) is 20.4. The van der Waals surface area contributed by atoms with E-state index in [9.17, 15) is 14.7 Å². The predicted octanol–water partition coefficient (Wildman–Crippen LogP) is 1.50. The summed E-state index contributed by atoms with van der Waals surface area (Å²) in [5.74, 6) is 0.0896. The molecule has 0 saturated heterocycles. The number of phenolic OH excluding ortho intramolecular Hbond substituents is 1. The minimum Gasteiger partial charge on any atom is -0.508 e. The quantitative estimate of drug-likeness (QED) is 0.626. The zero-order valence-electron chi connectivity index (χ0n) is 17.3. The van der Waals surface area contributed by atoms with Crippen LogP contribution < -0.4 is 21.8 Å². The summed E-state index contributed by atoms with van der Waals surface area (Å²) in [6.45, 7) is 9.82. The molecule has 7 heteroatoms. The molecule has 7 nitrogen and oxygen atoms in total. The van der Waals surface area contributed by atoms with Crippen LogP contribution >= 0.6 is 0 Å². The Kier molecular flexibility index (Phi) is 5.33. The molecule has 0 fully saturated rings. The molecule has 0 amide bonds. The van der Waals surface area contributed by atoms with E-state index in [0.717, 1.165) is 5.69 Å². The fraction of sp³-hybridized carbons (Fsp3) is 0.318. The monoisotopic (exact) mass is 394 g/mol. The molecule has 0 atom stereocenters. The van der Waals surface area contributed by atoms with Crippen LogP contribution in [0.25, 0.3) is 12.2 Å². The number of aromatic amines is 2. The predicted molar refractivity (Wildman–Crippen MR) is 113 cm³/mol. The minimum atomic E-state index is -0.388. The fourth-order valence-electron chi connectivity index (χ4n) is 3.26. The van der Waals surface area contributed by atoms with Gasteiger partial charge >= 0.3 is 0 Å². The van der Waals surface area contributed by atoms with E-state index in [1.54, 1.807) is 36.7 Å². The Morgan fingerprint density at radius 2 is 1.90 bits per heavy atom. The van der Waals surface area contributed by atoms with Crippen molar-refractivity contribution >= 4 is 12.2 Å². The van der Waals surface area contributed by atoms with Crippen LogP contribution in [0.5, 0.6) is 5.75 Å². The van der Waals surface area contributed by atoms with Crippen molar-refractivity contribution in [2.45, 2.75) is 46.1 Å². The lowest BCUT2D eigenvalue weighted by atomic mass is 9.90. The highest BCUT2D eigenvalue weighted by atomic mass is 16.3. The lowest BCUT2D eigenvalue weighted by Crippen LogP contribution is -2.54. The topological polar surface area (TPSA) is 104 Å².